The van der Waals surface area contributed by atoms with Gasteiger partial charge < -0.3 is 19.6 Å². The molecule has 29 heavy (non-hydrogen) atoms. The van der Waals surface area contributed by atoms with Crippen molar-refractivity contribution in [3.63, 3.8) is 0 Å². The third kappa shape index (κ3) is 7.27. The molecule has 0 unspecified atom stereocenters. The Hall–Kier alpha value is -3.99. The van der Waals surface area contributed by atoms with E-state index < -0.39 is 35.5 Å². The zero-order valence-corrected chi connectivity index (χ0v) is 15.1. The number of alkyl carbamates (subject to hydrolysis) is 1. The highest BCUT2D eigenvalue weighted by Gasteiger charge is 2.20. The number of hydrogen-bond donors (Lipinski definition) is 3. The van der Waals surface area contributed by atoms with E-state index in [9.17, 15) is 24.8 Å². The SMILES string of the molecule is O=C(N[C@@H](CO)C(=O)N/N=C\C=C\c1ccc([N+](=O)[O-])o1)OCc1ccccc1. The normalized spacial score (nSPS) is 12.0. The largest absolute Gasteiger partial charge is 0.445 e. The van der Waals surface area contributed by atoms with Crippen molar-refractivity contribution >= 4 is 30.2 Å². The van der Waals surface area contributed by atoms with Crippen molar-refractivity contribution in [3.8, 4) is 0 Å². The van der Waals surface area contributed by atoms with Crippen LogP contribution in [0.1, 0.15) is 11.3 Å². The van der Waals surface area contributed by atoms with Gasteiger partial charge in [0.05, 0.1) is 12.7 Å². The fourth-order valence-corrected chi connectivity index (χ4v) is 1.99. The molecule has 11 nitrogen and oxygen atoms in total. The first-order chi connectivity index (χ1) is 14.0. The summed E-state index contributed by atoms with van der Waals surface area (Å²) in [7, 11) is 0. The molecule has 0 aliphatic rings. The summed E-state index contributed by atoms with van der Waals surface area (Å²) in [6.07, 6.45) is 3.09. The van der Waals surface area contributed by atoms with E-state index in [1.165, 1.54) is 30.5 Å². The minimum Gasteiger partial charge on any atom is -0.445 e. The van der Waals surface area contributed by atoms with Crippen molar-refractivity contribution in [2.75, 3.05) is 6.61 Å². The number of aliphatic hydroxyl groups excluding tert-OH is 1. The van der Waals surface area contributed by atoms with Gasteiger partial charge in [0.25, 0.3) is 5.91 Å². The lowest BCUT2D eigenvalue weighted by Crippen LogP contribution is -2.47. The number of aliphatic hydroxyl groups is 1. The van der Waals surface area contributed by atoms with Gasteiger partial charge in [-0.1, -0.05) is 30.3 Å². The minimum absolute atomic E-state index is 0.0142. The van der Waals surface area contributed by atoms with E-state index in [0.717, 1.165) is 5.56 Å². The zero-order chi connectivity index (χ0) is 21.1. The Bertz CT molecular complexity index is 893. The average molecular weight is 402 g/mol. The van der Waals surface area contributed by atoms with Crippen LogP contribution in [0.25, 0.3) is 6.08 Å². The molecule has 1 aromatic heterocycles. The lowest BCUT2D eigenvalue weighted by Gasteiger charge is -2.14. The van der Waals surface area contributed by atoms with E-state index in [-0.39, 0.29) is 12.4 Å². The van der Waals surface area contributed by atoms with Gasteiger partial charge in [-0.2, -0.15) is 5.10 Å². The maximum atomic E-state index is 11.9. The molecular weight excluding hydrogens is 384 g/mol. The predicted octanol–water partition coefficient (Wildman–Crippen LogP) is 1.59. The molecule has 1 atom stereocenters. The summed E-state index contributed by atoms with van der Waals surface area (Å²) in [6.45, 7) is -0.645. The van der Waals surface area contributed by atoms with Crippen LogP contribution in [0.15, 0.2) is 58.1 Å². The molecule has 2 amide bonds. The van der Waals surface area contributed by atoms with Gasteiger partial charge in [0, 0.05) is 6.21 Å². The molecule has 2 aromatic rings. The molecule has 1 heterocycles. The van der Waals surface area contributed by atoms with Gasteiger partial charge in [-0.05, 0) is 23.8 Å². The highest BCUT2D eigenvalue weighted by molar-refractivity contribution is 5.87. The summed E-state index contributed by atoms with van der Waals surface area (Å²) >= 11 is 0. The van der Waals surface area contributed by atoms with E-state index in [4.69, 9.17) is 9.15 Å². The van der Waals surface area contributed by atoms with Crippen LogP contribution in [0.5, 0.6) is 0 Å². The number of hydrogen-bond acceptors (Lipinski definition) is 8. The third-order valence-corrected chi connectivity index (χ3v) is 3.39. The molecule has 0 spiro atoms. The summed E-state index contributed by atoms with van der Waals surface area (Å²) in [5.41, 5.74) is 2.90. The number of nitro groups is 1. The molecule has 0 aliphatic heterocycles. The third-order valence-electron chi connectivity index (χ3n) is 3.39. The minimum atomic E-state index is -1.26. The first-order valence-electron chi connectivity index (χ1n) is 8.31. The summed E-state index contributed by atoms with van der Waals surface area (Å²) in [6, 6.07) is 10.3. The summed E-state index contributed by atoms with van der Waals surface area (Å²) < 4.78 is 9.87. The summed E-state index contributed by atoms with van der Waals surface area (Å²) in [5, 5.41) is 25.6. The van der Waals surface area contributed by atoms with Gasteiger partial charge in [0.1, 0.15) is 23.3 Å². The Morgan fingerprint density at radius 3 is 2.69 bits per heavy atom. The highest BCUT2D eigenvalue weighted by atomic mass is 16.6. The van der Waals surface area contributed by atoms with E-state index in [1.807, 2.05) is 6.07 Å². The van der Waals surface area contributed by atoms with Gasteiger partial charge in [0.15, 0.2) is 0 Å². The smallest absolute Gasteiger partial charge is 0.433 e. The van der Waals surface area contributed by atoms with Crippen LogP contribution in [0.2, 0.25) is 0 Å². The van der Waals surface area contributed by atoms with E-state index in [1.54, 1.807) is 24.3 Å². The standard InChI is InChI=1S/C18H18N4O7/c23-11-15(20-18(25)28-12-13-5-2-1-3-6-13)17(24)21-19-10-4-7-14-8-9-16(29-14)22(26)27/h1-10,15,23H,11-12H2,(H,20,25)(H,21,24)/b7-4+,19-10-/t15-/m0/s1. The average Bonchev–Trinajstić information content (AvgIpc) is 3.20. The van der Waals surface area contributed by atoms with Crippen LogP contribution < -0.4 is 10.7 Å². The van der Waals surface area contributed by atoms with Crippen LogP contribution in [0, 0.1) is 10.1 Å². The molecule has 0 aliphatic carbocycles. The fourth-order valence-electron chi connectivity index (χ4n) is 1.99. The maximum Gasteiger partial charge on any atom is 0.433 e. The van der Waals surface area contributed by atoms with Crippen molar-refractivity contribution in [2.45, 2.75) is 12.6 Å². The molecule has 0 saturated carbocycles. The number of rotatable bonds is 9. The lowest BCUT2D eigenvalue weighted by molar-refractivity contribution is -0.402. The second-order valence-corrected chi connectivity index (χ2v) is 5.49. The molecule has 1 aromatic carbocycles. The number of nitrogens with zero attached hydrogens (tertiary/aromatic N) is 2. The van der Waals surface area contributed by atoms with E-state index in [2.05, 4.69) is 15.8 Å². The topological polar surface area (TPSA) is 156 Å². The maximum absolute atomic E-state index is 11.9. The van der Waals surface area contributed by atoms with Crippen molar-refractivity contribution in [1.29, 1.82) is 0 Å². The summed E-state index contributed by atoms with van der Waals surface area (Å²) in [4.78, 5) is 33.5. The second-order valence-electron chi connectivity index (χ2n) is 5.49. The number of carbonyl (C=O) groups is 2. The first-order valence-corrected chi connectivity index (χ1v) is 8.31. The molecule has 0 bridgehead atoms. The van der Waals surface area contributed by atoms with E-state index >= 15 is 0 Å². The second kappa shape index (κ2) is 11.0. The Labute approximate surface area is 164 Å². The molecule has 0 saturated heterocycles. The number of benzene rings is 1. The van der Waals surface area contributed by atoms with Crippen molar-refractivity contribution in [3.05, 3.63) is 70.0 Å². The molecule has 11 heteroatoms. The number of allylic oxidation sites excluding steroid dienone is 1. The van der Waals surface area contributed by atoms with Crippen LogP contribution in [-0.2, 0) is 16.1 Å². The number of furan rings is 1. The number of hydrazone groups is 1. The Kier molecular flexibility index (Phi) is 8.08. The Balaban J connectivity index is 1.76. The molecular formula is C18H18N4O7. The molecule has 0 radical (unpaired) electrons. The van der Waals surface area contributed by atoms with Crippen molar-refractivity contribution in [2.24, 2.45) is 5.10 Å². The van der Waals surface area contributed by atoms with Gasteiger partial charge >= 0.3 is 12.0 Å². The Morgan fingerprint density at radius 2 is 2.03 bits per heavy atom. The Morgan fingerprint density at radius 1 is 1.28 bits per heavy atom. The molecule has 2 rings (SSSR count). The predicted molar refractivity (Wildman–Crippen MR) is 102 cm³/mol. The fraction of sp³-hybridized carbons (Fsp3) is 0.167. The van der Waals surface area contributed by atoms with Gasteiger partial charge in [-0.25, -0.2) is 10.2 Å². The zero-order valence-electron chi connectivity index (χ0n) is 15.1. The first kappa shape index (κ1) is 21.3. The monoisotopic (exact) mass is 402 g/mol. The van der Waals surface area contributed by atoms with Crippen molar-refractivity contribution in [1.82, 2.24) is 10.7 Å². The quantitative estimate of drug-likeness (QED) is 0.326. The van der Waals surface area contributed by atoms with Crippen molar-refractivity contribution < 1.29 is 28.8 Å². The summed E-state index contributed by atoms with van der Waals surface area (Å²) in [5.74, 6) is -0.932. The number of nitrogens with one attached hydrogen (secondary N) is 2. The highest BCUT2D eigenvalue weighted by Crippen LogP contribution is 2.16. The molecule has 152 valence electrons. The van der Waals surface area contributed by atoms with Gasteiger partial charge in [0.2, 0.25) is 0 Å². The number of amides is 2. The van der Waals surface area contributed by atoms with Crippen LogP contribution in [0.3, 0.4) is 0 Å². The molecule has 0 fully saturated rings. The van der Waals surface area contributed by atoms with E-state index in [0.29, 0.717) is 0 Å². The van der Waals surface area contributed by atoms with Crippen LogP contribution in [0.4, 0.5) is 10.7 Å². The van der Waals surface area contributed by atoms with Crippen LogP contribution >= 0.6 is 0 Å². The number of carbonyl (C=O) groups excluding carboxylic acids is 2. The molecule has 3 N–H and O–H groups in total. The van der Waals surface area contributed by atoms with Crippen LogP contribution in [-0.4, -0.2) is 40.9 Å². The lowest BCUT2D eigenvalue weighted by atomic mass is 10.2. The number of ether oxygens (including phenoxy) is 1. The van der Waals surface area contributed by atoms with Gasteiger partial charge in [-0.15, -0.1) is 0 Å². The van der Waals surface area contributed by atoms with Gasteiger partial charge in [-0.3, -0.25) is 14.9 Å².